The van der Waals surface area contributed by atoms with E-state index < -0.39 is 34.6 Å². The van der Waals surface area contributed by atoms with Crippen molar-refractivity contribution in [1.29, 1.82) is 0 Å². The number of hydrogen-bond donors (Lipinski definition) is 0. The highest BCUT2D eigenvalue weighted by atomic mass is 35.5. The second-order valence-electron chi connectivity index (χ2n) is 27.2. The summed E-state index contributed by atoms with van der Waals surface area (Å²) in [6, 6.07) is 50.9. The van der Waals surface area contributed by atoms with E-state index in [9.17, 15) is 51.9 Å². The summed E-state index contributed by atoms with van der Waals surface area (Å²) in [4.78, 5) is 132. The van der Waals surface area contributed by atoms with Crippen LogP contribution in [0.5, 0.6) is 5.75 Å². The maximum atomic E-state index is 14.0. The third-order valence-corrected chi connectivity index (χ3v) is 21.7. The number of anilines is 3. The van der Waals surface area contributed by atoms with Gasteiger partial charge in [-0.2, -0.15) is 0 Å². The Morgan fingerprint density at radius 1 is 0.414 bits per heavy atom. The number of methoxy groups -OCH3 is 1. The van der Waals surface area contributed by atoms with Gasteiger partial charge in [0.2, 0.25) is 0 Å². The number of halogens is 5. The van der Waals surface area contributed by atoms with Crippen molar-refractivity contribution in [3.63, 3.8) is 0 Å². The van der Waals surface area contributed by atoms with E-state index in [4.69, 9.17) is 58.2 Å². The Hall–Kier alpha value is -12.1. The summed E-state index contributed by atoms with van der Waals surface area (Å²) >= 11 is 20.6. The number of rotatable bonds is 19. The van der Waals surface area contributed by atoms with Crippen molar-refractivity contribution in [3.05, 3.63) is 301 Å². The summed E-state index contributed by atoms with van der Waals surface area (Å²) in [5.41, 5.74) is 4.41. The zero-order valence-corrected chi connectivity index (χ0v) is 66.8. The minimum atomic E-state index is -0.740. The fourth-order valence-electron chi connectivity index (χ4n) is 14.6. The standard InChI is InChI=1S/C31H30ClN3O5.C28H25ClFN3O5.C28H25ClFN3O4S/c1-3-40-31(38)27-28(33-15-17-34(18-16-33)29(36)22-9-12-24(39-2)13-10-22)25-19-23(32)11-14-26(25)35(30(27)37)20-21-7-5-4-6-8-21;2*1-2-37-28(36)24-25(31-11-13-32(14-12-31)26(34)23-4-3-15-38-23)21-16-19(29)7-10-22(21)33(27(24)35)17-18-5-8-20(30)9-6-18/h4-14,19H,3,15-18,20H2,1-2H3;2*3-10,15-16H,2,11-14,17H2,1H3. The normalized spacial score (nSPS) is 13.6. The molecule has 3 fully saturated rings. The second-order valence-corrected chi connectivity index (χ2v) is 29.5. The fourth-order valence-corrected chi connectivity index (χ4v) is 15.8. The molecule has 0 atom stereocenters. The maximum Gasteiger partial charge on any atom is 0.345 e. The van der Waals surface area contributed by atoms with E-state index in [-0.39, 0.29) is 91.3 Å². The molecule has 3 saturated heterocycles. The summed E-state index contributed by atoms with van der Waals surface area (Å²) in [5.74, 6) is -2.30. The van der Waals surface area contributed by atoms with Gasteiger partial charge < -0.3 is 66.5 Å². The van der Waals surface area contributed by atoms with Crippen molar-refractivity contribution >= 4 is 132 Å². The number of benzene rings is 7. The first-order valence-corrected chi connectivity index (χ1v) is 39.6. The number of esters is 3. The Bertz CT molecular complexity index is 5580. The highest BCUT2D eigenvalue weighted by molar-refractivity contribution is 7.12. The van der Waals surface area contributed by atoms with Gasteiger partial charge in [0.1, 0.15) is 34.1 Å². The quantitative estimate of drug-likeness (QED) is 0.0540. The maximum absolute atomic E-state index is 14.0. The van der Waals surface area contributed by atoms with Gasteiger partial charge in [0.15, 0.2) is 5.76 Å². The number of hydrogen-bond acceptors (Lipinski definition) is 18. The van der Waals surface area contributed by atoms with Crippen molar-refractivity contribution in [2.24, 2.45) is 0 Å². The van der Waals surface area contributed by atoms with Crippen molar-refractivity contribution < 1.29 is 60.9 Å². The lowest BCUT2D eigenvalue weighted by molar-refractivity contribution is 0.0514. The van der Waals surface area contributed by atoms with Gasteiger partial charge in [-0.3, -0.25) is 28.8 Å². The molecule has 0 N–H and O–H groups in total. The Morgan fingerprint density at radius 3 is 1.13 bits per heavy atom. The number of fused-ring (bicyclic) bond motifs is 3. The fraction of sp³-hybridized carbons (Fsp3) is 0.253. The number of carbonyl (C=O) groups excluding carboxylic acids is 6. The molecule has 23 nitrogen and oxygen atoms in total. The molecule has 598 valence electrons. The van der Waals surface area contributed by atoms with Gasteiger partial charge in [0.25, 0.3) is 34.4 Å². The van der Waals surface area contributed by atoms with E-state index in [1.807, 2.05) is 62.5 Å². The van der Waals surface area contributed by atoms with Crippen LogP contribution in [0.2, 0.25) is 15.1 Å². The van der Waals surface area contributed by atoms with Crippen LogP contribution in [-0.2, 0) is 33.8 Å². The van der Waals surface area contributed by atoms with Crippen LogP contribution in [0.25, 0.3) is 32.7 Å². The molecule has 0 radical (unpaired) electrons. The molecule has 3 aliphatic rings. The number of amides is 3. The number of carbonyl (C=O) groups is 6. The van der Waals surface area contributed by atoms with Gasteiger partial charge in [-0.05, 0) is 164 Å². The lowest BCUT2D eigenvalue weighted by atomic mass is 10.0. The van der Waals surface area contributed by atoms with Gasteiger partial charge in [-0.1, -0.05) is 95.5 Å². The van der Waals surface area contributed by atoms with Gasteiger partial charge >= 0.3 is 17.9 Å². The van der Waals surface area contributed by atoms with Crippen LogP contribution >= 0.6 is 46.1 Å². The highest BCUT2D eigenvalue weighted by Crippen LogP contribution is 2.38. The van der Waals surface area contributed by atoms with Gasteiger partial charge in [0.05, 0.1) is 91.3 Å². The van der Waals surface area contributed by atoms with Gasteiger partial charge in [-0.25, -0.2) is 23.2 Å². The largest absolute Gasteiger partial charge is 0.497 e. The number of thiophene rings is 1. The lowest BCUT2D eigenvalue weighted by Gasteiger charge is -2.37. The number of ether oxygens (including phenoxy) is 4. The van der Waals surface area contributed by atoms with Crippen molar-refractivity contribution in [2.75, 3.05) is 120 Å². The molecule has 0 aliphatic carbocycles. The molecule has 0 saturated carbocycles. The van der Waals surface area contributed by atoms with E-state index in [0.29, 0.717) is 171 Å². The monoisotopic (exact) mass is 1650 g/mol. The molecule has 5 aromatic heterocycles. The smallest absolute Gasteiger partial charge is 0.345 e. The van der Waals surface area contributed by atoms with E-state index in [1.165, 1.54) is 51.0 Å². The molecule has 0 unspecified atom stereocenters. The van der Waals surface area contributed by atoms with Crippen LogP contribution < -0.4 is 36.1 Å². The zero-order valence-electron chi connectivity index (χ0n) is 63.7. The van der Waals surface area contributed by atoms with Crippen molar-refractivity contribution in [3.8, 4) is 5.75 Å². The summed E-state index contributed by atoms with van der Waals surface area (Å²) < 4.78 is 58.0. The molecule has 12 aromatic rings. The molecular weight excluding hydrogens is 1570 g/mol. The zero-order chi connectivity index (χ0) is 81.8. The van der Waals surface area contributed by atoms with Crippen molar-refractivity contribution in [1.82, 2.24) is 28.4 Å². The molecule has 7 aromatic carbocycles. The lowest BCUT2D eigenvalue weighted by Crippen LogP contribution is -2.49. The average Bonchev–Trinajstić information content (AvgIpc) is 0.873. The first-order chi connectivity index (χ1) is 56.1. The van der Waals surface area contributed by atoms with Crippen molar-refractivity contribution in [2.45, 2.75) is 40.4 Å². The van der Waals surface area contributed by atoms with E-state index in [1.54, 1.807) is 162 Å². The first-order valence-electron chi connectivity index (χ1n) is 37.6. The van der Waals surface area contributed by atoms with Crippen LogP contribution in [0.15, 0.2) is 212 Å². The minimum Gasteiger partial charge on any atom is -0.497 e. The molecule has 3 aliphatic heterocycles. The molecule has 0 bridgehead atoms. The van der Waals surface area contributed by atoms with Crippen LogP contribution in [0.3, 0.4) is 0 Å². The molecule has 116 heavy (non-hydrogen) atoms. The SMILES string of the molecule is CCOC(=O)c1c(N2CCN(C(=O)c3ccc(OC)cc3)CC2)c2cc(Cl)ccc2n(Cc2ccccc2)c1=O.CCOC(=O)c1c(N2CCN(C(=O)c3ccco3)CC2)c2cc(Cl)ccc2n(Cc2ccc(F)cc2)c1=O.CCOC(=O)c1c(N2CCN(C(=O)c3cccs3)CC2)c2cc(Cl)ccc2n(Cc2ccc(F)cc2)c1=O. The molecule has 3 amide bonds. The van der Waals surface area contributed by atoms with Crippen LogP contribution in [0, 0.1) is 11.6 Å². The van der Waals surface area contributed by atoms with Gasteiger partial charge in [-0.15, -0.1) is 11.3 Å². The summed E-state index contributed by atoms with van der Waals surface area (Å²) in [7, 11) is 1.58. The Labute approximate surface area is 684 Å². The number of pyridine rings is 3. The first kappa shape index (κ1) is 81.9. The van der Waals surface area contributed by atoms with Gasteiger partial charge in [0, 0.05) is 115 Å². The average molecular weight is 1650 g/mol. The number of furan rings is 1. The molecule has 8 heterocycles. The van der Waals surface area contributed by atoms with Crippen LogP contribution in [0.1, 0.15) is 99.1 Å². The molecule has 0 spiro atoms. The predicted octanol–water partition coefficient (Wildman–Crippen LogP) is 14.5. The van der Waals surface area contributed by atoms with E-state index >= 15 is 0 Å². The summed E-state index contributed by atoms with van der Waals surface area (Å²) in [6.45, 7) is 10.8. The van der Waals surface area contributed by atoms with E-state index in [0.717, 1.165) is 5.56 Å². The molecule has 29 heteroatoms. The summed E-state index contributed by atoms with van der Waals surface area (Å²) in [5, 5.41) is 5.15. The summed E-state index contributed by atoms with van der Waals surface area (Å²) in [6.07, 6.45) is 1.45. The number of aromatic nitrogens is 3. The Kier molecular flexibility index (Phi) is 26.1. The Balaban J connectivity index is 0.000000151. The molecule has 15 rings (SSSR count). The third kappa shape index (κ3) is 18.0. The van der Waals surface area contributed by atoms with E-state index in [2.05, 4.69) is 0 Å². The topological polar surface area (TPSA) is 238 Å². The van der Waals surface area contributed by atoms with Crippen LogP contribution in [0.4, 0.5) is 25.8 Å². The predicted molar refractivity (Wildman–Crippen MR) is 444 cm³/mol. The van der Waals surface area contributed by atoms with Crippen LogP contribution in [-0.4, -0.2) is 169 Å². The Morgan fingerprint density at radius 2 is 0.784 bits per heavy atom. The minimum absolute atomic E-state index is 0.0255. The molecular formula is C87H80Cl3F2N9O14S. The second kappa shape index (κ2) is 37.0. The highest BCUT2D eigenvalue weighted by Gasteiger charge is 2.36. The number of piperazine rings is 3. The number of nitrogens with zero attached hydrogens (tertiary/aromatic N) is 9. The third-order valence-electron chi connectivity index (χ3n) is 20.2.